The Labute approximate surface area is 80.0 Å². The molecule has 0 spiro atoms. The molecular formula is C10H18OS. The van der Waals surface area contributed by atoms with Gasteiger partial charge >= 0.3 is 0 Å². The van der Waals surface area contributed by atoms with Crippen molar-refractivity contribution in [1.82, 2.24) is 0 Å². The molecule has 3 fully saturated rings. The fourth-order valence-corrected chi connectivity index (χ4v) is 3.77. The van der Waals surface area contributed by atoms with Crippen molar-refractivity contribution < 1.29 is 5.11 Å². The predicted molar refractivity (Wildman–Crippen MR) is 53.4 cm³/mol. The highest BCUT2D eigenvalue weighted by Gasteiger charge is 2.59. The average Bonchev–Trinajstić information content (AvgIpc) is 2.04. The second-order valence-corrected chi connectivity index (χ2v) is 6.00. The summed E-state index contributed by atoms with van der Waals surface area (Å²) in [5.74, 6) is 1.53. The molecule has 0 heterocycles. The third kappa shape index (κ3) is 0.912. The first-order valence-corrected chi connectivity index (χ1v) is 5.28. The van der Waals surface area contributed by atoms with Crippen LogP contribution in [0.3, 0.4) is 0 Å². The summed E-state index contributed by atoms with van der Waals surface area (Å²) in [5, 5.41) is 9.30. The molecule has 0 aromatic carbocycles. The first-order valence-electron chi connectivity index (χ1n) is 4.84. The summed E-state index contributed by atoms with van der Waals surface area (Å²) in [6.45, 7) is 4.90. The standard InChI is InChI=1S/C10H18OS/c1-9(2)7-3-4-10(12,6-11)8(9)5-7/h7-8,11-12H,3-6H2,1-2H3. The smallest absolute Gasteiger partial charge is 0.0578 e. The fourth-order valence-electron chi connectivity index (χ4n) is 3.21. The number of rotatable bonds is 1. The highest BCUT2D eigenvalue weighted by molar-refractivity contribution is 7.81. The van der Waals surface area contributed by atoms with Crippen molar-refractivity contribution in [2.45, 2.75) is 37.9 Å². The molecule has 70 valence electrons. The van der Waals surface area contributed by atoms with Gasteiger partial charge in [-0.3, -0.25) is 0 Å². The molecule has 3 saturated carbocycles. The maximum atomic E-state index is 9.30. The molecule has 1 N–H and O–H groups in total. The van der Waals surface area contributed by atoms with Crippen LogP contribution < -0.4 is 0 Å². The van der Waals surface area contributed by atoms with E-state index >= 15 is 0 Å². The monoisotopic (exact) mass is 186 g/mol. The molecule has 3 aliphatic carbocycles. The molecule has 0 aliphatic heterocycles. The van der Waals surface area contributed by atoms with E-state index in [2.05, 4.69) is 26.5 Å². The zero-order valence-corrected chi connectivity index (χ0v) is 8.77. The molecule has 0 radical (unpaired) electrons. The summed E-state index contributed by atoms with van der Waals surface area (Å²) in [7, 11) is 0. The van der Waals surface area contributed by atoms with Crippen LogP contribution in [0.1, 0.15) is 33.1 Å². The van der Waals surface area contributed by atoms with Crippen LogP contribution in [0.5, 0.6) is 0 Å². The first-order chi connectivity index (χ1) is 5.50. The van der Waals surface area contributed by atoms with Crippen molar-refractivity contribution in [3.63, 3.8) is 0 Å². The largest absolute Gasteiger partial charge is 0.395 e. The van der Waals surface area contributed by atoms with Gasteiger partial charge in [-0.25, -0.2) is 0 Å². The van der Waals surface area contributed by atoms with Gasteiger partial charge in [0.15, 0.2) is 0 Å². The summed E-state index contributed by atoms with van der Waals surface area (Å²) in [6, 6.07) is 0. The third-order valence-electron chi connectivity index (χ3n) is 4.32. The van der Waals surface area contributed by atoms with Crippen LogP contribution in [0.25, 0.3) is 0 Å². The van der Waals surface area contributed by atoms with Crippen molar-refractivity contribution in [2.24, 2.45) is 17.3 Å². The topological polar surface area (TPSA) is 20.2 Å². The zero-order valence-electron chi connectivity index (χ0n) is 7.88. The van der Waals surface area contributed by atoms with Gasteiger partial charge in [0.1, 0.15) is 0 Å². The maximum Gasteiger partial charge on any atom is 0.0578 e. The molecule has 3 aliphatic rings. The third-order valence-corrected chi connectivity index (χ3v) is 5.00. The van der Waals surface area contributed by atoms with Crippen molar-refractivity contribution in [3.05, 3.63) is 0 Å². The highest BCUT2D eigenvalue weighted by atomic mass is 32.1. The van der Waals surface area contributed by atoms with E-state index in [-0.39, 0.29) is 11.4 Å². The summed E-state index contributed by atoms with van der Waals surface area (Å²) in [4.78, 5) is 0. The number of hydrogen-bond donors (Lipinski definition) is 2. The normalized spacial score (nSPS) is 50.0. The molecule has 0 aromatic rings. The Bertz CT molecular complexity index is 200. The van der Waals surface area contributed by atoms with E-state index in [1.54, 1.807) is 0 Å². The molecule has 12 heavy (non-hydrogen) atoms. The summed E-state index contributed by atoms with van der Waals surface area (Å²) >= 11 is 4.65. The van der Waals surface area contributed by atoms with E-state index in [0.29, 0.717) is 11.3 Å². The van der Waals surface area contributed by atoms with Crippen LogP contribution in [0.4, 0.5) is 0 Å². The Morgan fingerprint density at radius 1 is 1.50 bits per heavy atom. The minimum Gasteiger partial charge on any atom is -0.395 e. The van der Waals surface area contributed by atoms with Crippen LogP contribution >= 0.6 is 12.6 Å². The predicted octanol–water partition coefficient (Wildman–Crippen LogP) is 2.10. The minimum absolute atomic E-state index is 0.0712. The molecule has 0 amide bonds. The van der Waals surface area contributed by atoms with Gasteiger partial charge in [0.25, 0.3) is 0 Å². The Morgan fingerprint density at radius 2 is 2.17 bits per heavy atom. The summed E-state index contributed by atoms with van der Waals surface area (Å²) < 4.78 is -0.0712. The van der Waals surface area contributed by atoms with Gasteiger partial charge in [0, 0.05) is 4.75 Å². The lowest BCUT2D eigenvalue weighted by Crippen LogP contribution is -2.60. The van der Waals surface area contributed by atoms with Gasteiger partial charge in [0.05, 0.1) is 6.61 Å². The van der Waals surface area contributed by atoms with Gasteiger partial charge in [-0.2, -0.15) is 12.6 Å². The second-order valence-electron chi connectivity index (χ2n) is 5.11. The molecule has 1 nitrogen and oxygen atoms in total. The van der Waals surface area contributed by atoms with Crippen LogP contribution in [0.15, 0.2) is 0 Å². The number of hydrogen-bond acceptors (Lipinski definition) is 2. The van der Waals surface area contributed by atoms with Crippen LogP contribution in [0.2, 0.25) is 0 Å². The molecular weight excluding hydrogens is 168 g/mol. The lowest BCUT2D eigenvalue weighted by atomic mass is 9.45. The van der Waals surface area contributed by atoms with Crippen LogP contribution in [-0.2, 0) is 0 Å². The van der Waals surface area contributed by atoms with Crippen LogP contribution in [-0.4, -0.2) is 16.5 Å². The lowest BCUT2D eigenvalue weighted by molar-refractivity contribution is -0.0999. The van der Waals surface area contributed by atoms with Crippen LogP contribution in [0, 0.1) is 17.3 Å². The van der Waals surface area contributed by atoms with Gasteiger partial charge in [-0.15, -0.1) is 0 Å². The minimum atomic E-state index is -0.0712. The second kappa shape index (κ2) is 2.42. The van der Waals surface area contributed by atoms with Crippen molar-refractivity contribution >= 4 is 12.6 Å². The van der Waals surface area contributed by atoms with Crippen molar-refractivity contribution in [3.8, 4) is 0 Å². The number of aliphatic hydroxyl groups is 1. The SMILES string of the molecule is CC1(C)C2CCC(S)(CO)C1C2. The van der Waals surface area contributed by atoms with E-state index in [9.17, 15) is 5.11 Å². The fraction of sp³-hybridized carbons (Fsp3) is 1.00. The average molecular weight is 186 g/mol. The lowest BCUT2D eigenvalue weighted by Gasteiger charge is -2.63. The van der Waals surface area contributed by atoms with Gasteiger partial charge < -0.3 is 5.11 Å². The van der Waals surface area contributed by atoms with E-state index in [1.165, 1.54) is 12.8 Å². The highest BCUT2D eigenvalue weighted by Crippen LogP contribution is 2.64. The van der Waals surface area contributed by atoms with Gasteiger partial charge in [0.2, 0.25) is 0 Å². The Kier molecular flexibility index (Phi) is 1.79. The Balaban J connectivity index is 2.21. The summed E-state index contributed by atoms with van der Waals surface area (Å²) in [6.07, 6.45) is 3.65. The number of thiol groups is 1. The first kappa shape index (κ1) is 8.89. The van der Waals surface area contributed by atoms with Gasteiger partial charge in [-0.1, -0.05) is 13.8 Å². The molecule has 0 saturated heterocycles. The molecule has 3 atom stereocenters. The summed E-state index contributed by atoms with van der Waals surface area (Å²) in [5.41, 5.74) is 0.433. The van der Waals surface area contributed by atoms with Crippen molar-refractivity contribution in [1.29, 1.82) is 0 Å². The van der Waals surface area contributed by atoms with E-state index in [0.717, 1.165) is 12.3 Å². The zero-order chi connectivity index (χ0) is 8.98. The molecule has 3 unspecified atom stereocenters. The van der Waals surface area contributed by atoms with Gasteiger partial charge in [-0.05, 0) is 36.5 Å². The molecule has 2 bridgehead atoms. The maximum absolute atomic E-state index is 9.30. The quantitative estimate of drug-likeness (QED) is 0.601. The number of aliphatic hydroxyl groups excluding tert-OH is 1. The molecule has 0 aromatic heterocycles. The Hall–Kier alpha value is 0.310. The Morgan fingerprint density at radius 3 is 2.50 bits per heavy atom. The molecule has 2 heteroatoms. The molecule has 3 rings (SSSR count). The number of fused-ring (bicyclic) bond motifs is 2. The van der Waals surface area contributed by atoms with E-state index in [4.69, 9.17) is 0 Å². The van der Waals surface area contributed by atoms with Crippen molar-refractivity contribution in [2.75, 3.05) is 6.61 Å². The van der Waals surface area contributed by atoms with E-state index < -0.39 is 0 Å². The van der Waals surface area contributed by atoms with E-state index in [1.807, 2.05) is 0 Å².